The summed E-state index contributed by atoms with van der Waals surface area (Å²) in [6.45, 7) is 5.69. The molecule has 1 aromatic rings. The first kappa shape index (κ1) is 16.3. The summed E-state index contributed by atoms with van der Waals surface area (Å²) in [4.78, 5) is 12.0. The van der Waals surface area contributed by atoms with Crippen LogP contribution in [0.25, 0.3) is 0 Å². The van der Waals surface area contributed by atoms with Crippen molar-refractivity contribution in [3.63, 3.8) is 0 Å². The number of ether oxygens (including phenoxy) is 1. The van der Waals surface area contributed by atoms with Gasteiger partial charge in [0.05, 0.1) is 0 Å². The molecular weight excluding hydrogens is 288 g/mol. The molecule has 2 aliphatic rings. The smallest absolute Gasteiger partial charge is 0.407 e. The Kier molecular flexibility index (Phi) is 4.62. The van der Waals surface area contributed by atoms with E-state index in [2.05, 4.69) is 34.9 Å². The van der Waals surface area contributed by atoms with Crippen LogP contribution in [0.3, 0.4) is 0 Å². The predicted octanol–water partition coefficient (Wildman–Crippen LogP) is 3.71. The lowest BCUT2D eigenvalue weighted by atomic mass is 10.1. The van der Waals surface area contributed by atoms with Crippen molar-refractivity contribution in [2.45, 2.75) is 76.6 Å². The van der Waals surface area contributed by atoms with E-state index in [9.17, 15) is 4.79 Å². The van der Waals surface area contributed by atoms with E-state index in [0.29, 0.717) is 12.1 Å². The molecule has 0 bridgehead atoms. The second-order valence-corrected chi connectivity index (χ2v) is 7.75. The molecule has 1 fully saturated rings. The Morgan fingerprint density at radius 2 is 1.87 bits per heavy atom. The molecule has 0 radical (unpaired) electrons. The predicted molar refractivity (Wildman–Crippen MR) is 91.4 cm³/mol. The summed E-state index contributed by atoms with van der Waals surface area (Å²) < 4.78 is 5.40. The quantitative estimate of drug-likeness (QED) is 0.894. The number of hydrogen-bond donors (Lipinski definition) is 2. The molecule has 1 amide bonds. The molecule has 3 atom stereocenters. The number of fused-ring (bicyclic) bond motifs is 1. The van der Waals surface area contributed by atoms with E-state index in [-0.39, 0.29) is 12.1 Å². The number of carbonyl (C=O) groups is 1. The lowest BCUT2D eigenvalue weighted by molar-refractivity contribution is 0.0497. The van der Waals surface area contributed by atoms with Crippen molar-refractivity contribution in [2.24, 2.45) is 0 Å². The van der Waals surface area contributed by atoms with Gasteiger partial charge in [0.15, 0.2) is 0 Å². The number of rotatable bonds is 3. The van der Waals surface area contributed by atoms with Crippen LogP contribution in [0.15, 0.2) is 24.3 Å². The van der Waals surface area contributed by atoms with Crippen LogP contribution in [0.2, 0.25) is 0 Å². The molecule has 0 spiro atoms. The van der Waals surface area contributed by atoms with Gasteiger partial charge in [-0.25, -0.2) is 4.79 Å². The van der Waals surface area contributed by atoms with Crippen molar-refractivity contribution < 1.29 is 9.53 Å². The molecule has 1 aromatic carbocycles. The maximum absolute atomic E-state index is 12.0. The molecule has 0 saturated heterocycles. The second kappa shape index (κ2) is 6.52. The van der Waals surface area contributed by atoms with Gasteiger partial charge in [-0.3, -0.25) is 0 Å². The van der Waals surface area contributed by atoms with Crippen LogP contribution in [-0.4, -0.2) is 23.8 Å². The van der Waals surface area contributed by atoms with Crippen LogP contribution in [0.1, 0.15) is 63.6 Å². The van der Waals surface area contributed by atoms with E-state index >= 15 is 0 Å². The molecule has 0 heterocycles. The normalized spacial score (nSPS) is 26.8. The lowest BCUT2D eigenvalue weighted by Gasteiger charge is -2.27. The molecule has 4 nitrogen and oxygen atoms in total. The van der Waals surface area contributed by atoms with Crippen molar-refractivity contribution in [2.75, 3.05) is 0 Å². The average Bonchev–Trinajstić information content (AvgIpc) is 3.05. The van der Waals surface area contributed by atoms with Crippen molar-refractivity contribution in [3.8, 4) is 0 Å². The summed E-state index contributed by atoms with van der Waals surface area (Å²) in [7, 11) is 0. The Morgan fingerprint density at radius 3 is 2.65 bits per heavy atom. The highest BCUT2D eigenvalue weighted by Crippen LogP contribution is 2.33. The number of alkyl carbamates (subject to hydrolysis) is 1. The SMILES string of the molecule is CC(C)(C)OC(=O)NC1CCCC1NC1CCc2ccccc21. The molecule has 126 valence electrons. The first-order valence-corrected chi connectivity index (χ1v) is 8.76. The molecule has 1 saturated carbocycles. The van der Waals surface area contributed by atoms with Gasteiger partial charge in [-0.1, -0.05) is 24.3 Å². The highest BCUT2D eigenvalue weighted by molar-refractivity contribution is 5.68. The van der Waals surface area contributed by atoms with E-state index in [4.69, 9.17) is 4.74 Å². The van der Waals surface area contributed by atoms with Crippen LogP contribution >= 0.6 is 0 Å². The van der Waals surface area contributed by atoms with E-state index in [1.807, 2.05) is 20.8 Å². The molecular formula is C19H28N2O2. The van der Waals surface area contributed by atoms with Crippen LogP contribution in [0.4, 0.5) is 4.79 Å². The van der Waals surface area contributed by atoms with Gasteiger partial charge in [-0.05, 0) is 64.0 Å². The molecule has 23 heavy (non-hydrogen) atoms. The summed E-state index contributed by atoms with van der Waals surface area (Å²) in [6, 6.07) is 9.59. The molecule has 2 aliphatic carbocycles. The summed E-state index contributed by atoms with van der Waals surface area (Å²) in [5.74, 6) is 0. The molecule has 2 N–H and O–H groups in total. The first-order valence-electron chi connectivity index (χ1n) is 8.76. The third-order valence-electron chi connectivity index (χ3n) is 4.77. The lowest BCUT2D eigenvalue weighted by Crippen LogP contribution is -2.48. The number of nitrogens with one attached hydrogen (secondary N) is 2. The van der Waals surface area contributed by atoms with Gasteiger partial charge in [-0.2, -0.15) is 0 Å². The first-order chi connectivity index (χ1) is 10.9. The molecule has 0 aromatic heterocycles. The third-order valence-corrected chi connectivity index (χ3v) is 4.77. The Balaban J connectivity index is 1.59. The molecule has 0 aliphatic heterocycles. The zero-order valence-electron chi connectivity index (χ0n) is 14.4. The Morgan fingerprint density at radius 1 is 1.13 bits per heavy atom. The average molecular weight is 316 g/mol. The van der Waals surface area contributed by atoms with Crippen LogP contribution in [0, 0.1) is 0 Å². The van der Waals surface area contributed by atoms with Crippen LogP contribution in [-0.2, 0) is 11.2 Å². The highest BCUT2D eigenvalue weighted by Gasteiger charge is 2.33. The minimum Gasteiger partial charge on any atom is -0.444 e. The second-order valence-electron chi connectivity index (χ2n) is 7.75. The topological polar surface area (TPSA) is 50.4 Å². The third kappa shape index (κ3) is 4.05. The van der Waals surface area contributed by atoms with Crippen molar-refractivity contribution >= 4 is 6.09 Å². The van der Waals surface area contributed by atoms with Crippen molar-refractivity contribution in [1.29, 1.82) is 0 Å². The van der Waals surface area contributed by atoms with Crippen molar-refractivity contribution in [3.05, 3.63) is 35.4 Å². The maximum Gasteiger partial charge on any atom is 0.407 e. The Hall–Kier alpha value is -1.55. The van der Waals surface area contributed by atoms with Gasteiger partial charge in [0.25, 0.3) is 0 Å². The van der Waals surface area contributed by atoms with E-state index in [1.54, 1.807) is 0 Å². The number of hydrogen-bond acceptors (Lipinski definition) is 3. The highest BCUT2D eigenvalue weighted by atomic mass is 16.6. The van der Waals surface area contributed by atoms with Gasteiger partial charge in [0, 0.05) is 18.1 Å². The fraction of sp³-hybridized carbons (Fsp3) is 0.632. The fourth-order valence-electron chi connectivity index (χ4n) is 3.78. The fourth-order valence-corrected chi connectivity index (χ4v) is 3.78. The minimum atomic E-state index is -0.448. The van der Waals surface area contributed by atoms with E-state index < -0.39 is 5.60 Å². The summed E-state index contributed by atoms with van der Waals surface area (Å²) >= 11 is 0. The number of amides is 1. The maximum atomic E-state index is 12.0. The number of aryl methyl sites for hydroxylation is 1. The molecule has 3 rings (SSSR count). The summed E-state index contributed by atoms with van der Waals surface area (Å²) in [5.41, 5.74) is 2.44. The van der Waals surface area contributed by atoms with Gasteiger partial charge in [-0.15, -0.1) is 0 Å². The molecule has 3 unspecified atom stereocenters. The van der Waals surface area contributed by atoms with Gasteiger partial charge in [0.2, 0.25) is 0 Å². The zero-order chi connectivity index (χ0) is 16.4. The Labute approximate surface area is 139 Å². The van der Waals surface area contributed by atoms with Gasteiger partial charge < -0.3 is 15.4 Å². The van der Waals surface area contributed by atoms with Crippen molar-refractivity contribution in [1.82, 2.24) is 10.6 Å². The van der Waals surface area contributed by atoms with Gasteiger partial charge in [0.1, 0.15) is 5.60 Å². The van der Waals surface area contributed by atoms with E-state index in [0.717, 1.165) is 32.1 Å². The van der Waals surface area contributed by atoms with E-state index in [1.165, 1.54) is 11.1 Å². The standard InChI is InChI=1S/C19H28N2O2/c1-19(2,3)23-18(22)21-17-10-6-9-16(17)20-15-12-11-13-7-4-5-8-14(13)15/h4-5,7-8,15-17,20H,6,9-12H2,1-3H3,(H,21,22). The number of benzene rings is 1. The Bertz CT molecular complexity index is 565. The number of carbonyl (C=O) groups excluding carboxylic acids is 1. The summed E-state index contributed by atoms with van der Waals surface area (Å²) in [5, 5.41) is 6.84. The van der Waals surface area contributed by atoms with Crippen LogP contribution in [0.5, 0.6) is 0 Å². The van der Waals surface area contributed by atoms with Crippen LogP contribution < -0.4 is 10.6 Å². The van der Waals surface area contributed by atoms with Gasteiger partial charge >= 0.3 is 6.09 Å². The monoisotopic (exact) mass is 316 g/mol. The molecule has 4 heteroatoms. The minimum absolute atomic E-state index is 0.164. The largest absolute Gasteiger partial charge is 0.444 e. The zero-order valence-corrected chi connectivity index (χ0v) is 14.4. The summed E-state index contributed by atoms with van der Waals surface area (Å²) in [6.07, 6.45) is 5.26.